The van der Waals surface area contributed by atoms with Gasteiger partial charge in [-0.3, -0.25) is 4.98 Å². The Bertz CT molecular complexity index is 367. The van der Waals surface area contributed by atoms with Crippen molar-refractivity contribution in [3.63, 3.8) is 0 Å². The van der Waals surface area contributed by atoms with Gasteiger partial charge in [0.05, 0.1) is 16.9 Å². The van der Waals surface area contributed by atoms with E-state index in [1.54, 1.807) is 17.5 Å². The van der Waals surface area contributed by atoms with Crippen molar-refractivity contribution in [1.29, 1.82) is 0 Å². The smallest absolute Gasteiger partial charge is 0.0987 e. The van der Waals surface area contributed by atoms with Crippen LogP contribution in [0.2, 0.25) is 0 Å². The van der Waals surface area contributed by atoms with Gasteiger partial charge in [0.25, 0.3) is 0 Å². The molecule has 3 heteroatoms. The summed E-state index contributed by atoms with van der Waals surface area (Å²) in [6.07, 6.45) is 4.60. The van der Waals surface area contributed by atoms with Gasteiger partial charge in [-0.15, -0.1) is 11.3 Å². The van der Waals surface area contributed by atoms with Crippen molar-refractivity contribution < 1.29 is 0 Å². The SMILES string of the molecule is Cc1nc(-c2[c]nccc2)cs1. The Balaban J connectivity index is 2.45. The van der Waals surface area contributed by atoms with Gasteiger partial charge in [-0.05, 0) is 19.1 Å². The molecule has 0 spiro atoms. The van der Waals surface area contributed by atoms with E-state index in [2.05, 4.69) is 16.2 Å². The van der Waals surface area contributed by atoms with Crippen molar-refractivity contribution in [2.24, 2.45) is 0 Å². The summed E-state index contributed by atoms with van der Waals surface area (Å²) in [5, 5.41) is 3.09. The average Bonchev–Trinajstić information content (AvgIpc) is 2.54. The molecule has 0 aliphatic heterocycles. The van der Waals surface area contributed by atoms with Crippen LogP contribution in [0.15, 0.2) is 23.7 Å². The highest BCUT2D eigenvalue weighted by atomic mass is 32.1. The van der Waals surface area contributed by atoms with Gasteiger partial charge in [-0.2, -0.15) is 0 Å². The van der Waals surface area contributed by atoms with Crippen LogP contribution in [-0.2, 0) is 0 Å². The first kappa shape index (κ1) is 7.43. The zero-order chi connectivity index (χ0) is 8.39. The lowest BCUT2D eigenvalue weighted by Gasteiger charge is -1.91. The Hall–Kier alpha value is -1.22. The van der Waals surface area contributed by atoms with Crippen molar-refractivity contribution in [2.45, 2.75) is 6.92 Å². The van der Waals surface area contributed by atoms with Gasteiger partial charge in [0.2, 0.25) is 0 Å². The van der Waals surface area contributed by atoms with E-state index in [0.29, 0.717) is 0 Å². The minimum absolute atomic E-state index is 0.960. The fourth-order valence-corrected chi connectivity index (χ4v) is 1.57. The first-order chi connectivity index (χ1) is 5.86. The molecule has 0 bridgehead atoms. The van der Waals surface area contributed by atoms with E-state index in [9.17, 15) is 0 Å². The molecule has 0 saturated carbocycles. The Labute approximate surface area is 74.9 Å². The molecule has 2 nitrogen and oxygen atoms in total. The predicted molar refractivity (Wildman–Crippen MR) is 48.9 cm³/mol. The molecule has 0 fully saturated rings. The molecule has 12 heavy (non-hydrogen) atoms. The first-order valence-corrected chi connectivity index (χ1v) is 4.49. The second-order valence-corrected chi connectivity index (χ2v) is 3.48. The Morgan fingerprint density at radius 2 is 2.42 bits per heavy atom. The van der Waals surface area contributed by atoms with Crippen LogP contribution in [0, 0.1) is 13.1 Å². The van der Waals surface area contributed by atoms with Gasteiger partial charge in [0.15, 0.2) is 0 Å². The predicted octanol–water partition coefficient (Wildman–Crippen LogP) is 2.31. The number of rotatable bonds is 1. The van der Waals surface area contributed by atoms with E-state index in [1.165, 1.54) is 0 Å². The number of pyridine rings is 1. The minimum Gasteiger partial charge on any atom is -0.254 e. The zero-order valence-corrected chi connectivity index (χ0v) is 7.43. The van der Waals surface area contributed by atoms with Crippen LogP contribution in [-0.4, -0.2) is 9.97 Å². The van der Waals surface area contributed by atoms with E-state index in [-0.39, 0.29) is 0 Å². The molecule has 0 aromatic carbocycles. The molecule has 2 aromatic rings. The van der Waals surface area contributed by atoms with Gasteiger partial charge in [-0.1, -0.05) is 0 Å². The van der Waals surface area contributed by atoms with Gasteiger partial charge >= 0.3 is 0 Å². The summed E-state index contributed by atoms with van der Waals surface area (Å²) in [5.74, 6) is 0. The second kappa shape index (κ2) is 3.03. The van der Waals surface area contributed by atoms with E-state index in [1.807, 2.05) is 24.4 Å². The molecule has 0 amide bonds. The quantitative estimate of drug-likeness (QED) is 0.664. The molecule has 2 aromatic heterocycles. The lowest BCUT2D eigenvalue weighted by molar-refractivity contribution is 1.26. The molecule has 0 aliphatic rings. The monoisotopic (exact) mass is 175 g/mol. The largest absolute Gasteiger partial charge is 0.254 e. The number of aromatic nitrogens is 2. The zero-order valence-electron chi connectivity index (χ0n) is 6.61. The number of hydrogen-bond acceptors (Lipinski definition) is 3. The van der Waals surface area contributed by atoms with Crippen molar-refractivity contribution >= 4 is 11.3 Å². The van der Waals surface area contributed by atoms with Crippen LogP contribution in [0.25, 0.3) is 11.3 Å². The number of nitrogens with zero attached hydrogens (tertiary/aromatic N) is 2. The molecule has 1 radical (unpaired) electrons. The van der Waals surface area contributed by atoms with Crippen LogP contribution in [0.5, 0.6) is 0 Å². The standard InChI is InChI=1S/C9H7N2S/c1-7-11-9(6-12-7)8-3-2-4-10-5-8/h2-4,6H,1H3. The normalized spacial score (nSPS) is 10.1. The molecule has 0 atom stereocenters. The minimum atomic E-state index is 0.960. The Morgan fingerprint density at radius 3 is 3.00 bits per heavy atom. The van der Waals surface area contributed by atoms with Crippen LogP contribution < -0.4 is 0 Å². The fraction of sp³-hybridized carbons (Fsp3) is 0.111. The van der Waals surface area contributed by atoms with Gasteiger partial charge in [0.1, 0.15) is 0 Å². The van der Waals surface area contributed by atoms with Crippen LogP contribution >= 0.6 is 11.3 Å². The highest BCUT2D eigenvalue weighted by Crippen LogP contribution is 2.19. The molecule has 0 saturated heterocycles. The second-order valence-electron chi connectivity index (χ2n) is 2.41. The topological polar surface area (TPSA) is 25.8 Å². The fourth-order valence-electron chi connectivity index (χ4n) is 0.956. The number of hydrogen-bond donors (Lipinski definition) is 0. The van der Waals surface area contributed by atoms with E-state index in [4.69, 9.17) is 0 Å². The molecular formula is C9H7N2S. The Morgan fingerprint density at radius 1 is 1.50 bits per heavy atom. The lowest BCUT2D eigenvalue weighted by Crippen LogP contribution is -1.79. The molecule has 2 rings (SSSR count). The third-order valence-corrected chi connectivity index (χ3v) is 2.28. The average molecular weight is 175 g/mol. The number of thiazole rings is 1. The molecule has 0 aliphatic carbocycles. The first-order valence-electron chi connectivity index (χ1n) is 3.61. The molecular weight excluding hydrogens is 168 g/mol. The summed E-state index contributed by atoms with van der Waals surface area (Å²) < 4.78 is 0. The number of aryl methyl sites for hydroxylation is 1. The lowest BCUT2D eigenvalue weighted by atomic mass is 10.2. The molecule has 59 valence electrons. The maximum Gasteiger partial charge on any atom is 0.0987 e. The van der Waals surface area contributed by atoms with E-state index < -0.39 is 0 Å². The highest BCUT2D eigenvalue weighted by molar-refractivity contribution is 7.09. The van der Waals surface area contributed by atoms with Crippen molar-refractivity contribution in [2.75, 3.05) is 0 Å². The van der Waals surface area contributed by atoms with Gasteiger partial charge in [-0.25, -0.2) is 4.98 Å². The Kier molecular flexibility index (Phi) is 1.87. The molecule has 0 N–H and O–H groups in total. The summed E-state index contributed by atoms with van der Waals surface area (Å²) in [6, 6.07) is 3.85. The summed E-state index contributed by atoms with van der Waals surface area (Å²) in [6.45, 7) is 1.99. The van der Waals surface area contributed by atoms with Crippen molar-refractivity contribution in [3.05, 3.63) is 34.9 Å². The summed E-state index contributed by atoms with van der Waals surface area (Å²) in [7, 11) is 0. The van der Waals surface area contributed by atoms with Gasteiger partial charge < -0.3 is 0 Å². The maximum absolute atomic E-state index is 4.33. The van der Waals surface area contributed by atoms with Gasteiger partial charge in [0, 0.05) is 17.1 Å². The molecule has 0 unspecified atom stereocenters. The van der Waals surface area contributed by atoms with Crippen LogP contribution in [0.3, 0.4) is 0 Å². The van der Waals surface area contributed by atoms with Crippen LogP contribution in [0.4, 0.5) is 0 Å². The highest BCUT2D eigenvalue weighted by Gasteiger charge is 2.00. The summed E-state index contributed by atoms with van der Waals surface area (Å²) in [4.78, 5) is 8.24. The molecule has 2 heterocycles. The van der Waals surface area contributed by atoms with E-state index >= 15 is 0 Å². The van der Waals surface area contributed by atoms with Crippen molar-refractivity contribution in [1.82, 2.24) is 9.97 Å². The van der Waals surface area contributed by atoms with Crippen LogP contribution in [0.1, 0.15) is 5.01 Å². The summed E-state index contributed by atoms with van der Waals surface area (Å²) in [5.41, 5.74) is 1.92. The van der Waals surface area contributed by atoms with Crippen molar-refractivity contribution in [3.8, 4) is 11.3 Å². The summed E-state index contributed by atoms with van der Waals surface area (Å²) >= 11 is 1.64. The third kappa shape index (κ3) is 1.36. The third-order valence-electron chi connectivity index (χ3n) is 1.50. The van der Waals surface area contributed by atoms with E-state index in [0.717, 1.165) is 16.3 Å². The maximum atomic E-state index is 4.33.